The number of rotatable bonds is 9. The van der Waals surface area contributed by atoms with E-state index in [9.17, 15) is 4.79 Å². The Morgan fingerprint density at radius 2 is 2.00 bits per heavy atom. The summed E-state index contributed by atoms with van der Waals surface area (Å²) in [7, 11) is 1.63. The maximum absolute atomic E-state index is 12.1. The van der Waals surface area contributed by atoms with Crippen molar-refractivity contribution in [1.29, 1.82) is 0 Å². The first-order chi connectivity index (χ1) is 13.1. The maximum atomic E-state index is 12.1. The number of methoxy groups -OCH3 is 1. The Labute approximate surface area is 168 Å². The SMILES string of the molecule is CCCOc1ccc(CNC(=S)NC(=O)CCC2CCCCC2)cc1OC. The van der Waals surface area contributed by atoms with Gasteiger partial charge in [0.05, 0.1) is 13.7 Å². The van der Waals surface area contributed by atoms with Crippen molar-refractivity contribution in [2.75, 3.05) is 13.7 Å². The van der Waals surface area contributed by atoms with Crippen molar-refractivity contribution in [2.24, 2.45) is 5.92 Å². The third kappa shape index (κ3) is 7.75. The number of nitrogens with one attached hydrogen (secondary N) is 2. The molecule has 1 aromatic carbocycles. The second-order valence-electron chi connectivity index (χ2n) is 7.11. The average Bonchev–Trinajstić information content (AvgIpc) is 2.70. The van der Waals surface area contributed by atoms with Crippen LogP contribution in [-0.2, 0) is 11.3 Å². The topological polar surface area (TPSA) is 59.6 Å². The van der Waals surface area contributed by atoms with Gasteiger partial charge in [-0.05, 0) is 48.7 Å². The summed E-state index contributed by atoms with van der Waals surface area (Å²) in [6.07, 6.45) is 8.92. The van der Waals surface area contributed by atoms with Gasteiger partial charge in [-0.3, -0.25) is 4.79 Å². The Hall–Kier alpha value is -1.82. The van der Waals surface area contributed by atoms with Gasteiger partial charge in [-0.1, -0.05) is 45.1 Å². The molecule has 2 rings (SSSR count). The highest BCUT2D eigenvalue weighted by molar-refractivity contribution is 7.80. The molecule has 0 aliphatic heterocycles. The minimum atomic E-state index is -0.000956. The molecule has 150 valence electrons. The van der Waals surface area contributed by atoms with Gasteiger partial charge in [0.15, 0.2) is 16.6 Å². The number of thiocarbonyl (C=S) groups is 1. The van der Waals surface area contributed by atoms with E-state index in [1.54, 1.807) is 7.11 Å². The minimum absolute atomic E-state index is 0.000956. The Bertz CT molecular complexity index is 615. The van der Waals surface area contributed by atoms with Crippen molar-refractivity contribution in [3.63, 3.8) is 0 Å². The summed E-state index contributed by atoms with van der Waals surface area (Å²) in [5.41, 5.74) is 1.01. The van der Waals surface area contributed by atoms with Crippen molar-refractivity contribution in [2.45, 2.75) is 64.8 Å². The van der Waals surface area contributed by atoms with E-state index < -0.39 is 0 Å². The number of carbonyl (C=O) groups excluding carboxylic acids is 1. The van der Waals surface area contributed by atoms with Gasteiger partial charge in [-0.2, -0.15) is 0 Å². The molecule has 1 fully saturated rings. The zero-order valence-electron chi connectivity index (χ0n) is 16.5. The lowest BCUT2D eigenvalue weighted by Gasteiger charge is -2.21. The Balaban J connectivity index is 1.73. The summed E-state index contributed by atoms with van der Waals surface area (Å²) in [6.45, 7) is 3.24. The molecule has 0 bridgehead atoms. The predicted molar refractivity (Wildman–Crippen MR) is 112 cm³/mol. The molecule has 0 spiro atoms. The highest BCUT2D eigenvalue weighted by atomic mass is 32.1. The van der Waals surface area contributed by atoms with E-state index in [-0.39, 0.29) is 5.91 Å². The van der Waals surface area contributed by atoms with Crippen molar-refractivity contribution in [1.82, 2.24) is 10.6 Å². The lowest BCUT2D eigenvalue weighted by molar-refractivity contribution is -0.120. The lowest BCUT2D eigenvalue weighted by Crippen LogP contribution is -2.38. The molecule has 0 atom stereocenters. The van der Waals surface area contributed by atoms with Crippen LogP contribution in [0, 0.1) is 5.92 Å². The average molecular weight is 393 g/mol. The molecule has 0 unspecified atom stereocenters. The second-order valence-corrected chi connectivity index (χ2v) is 7.52. The van der Waals surface area contributed by atoms with E-state index in [2.05, 4.69) is 17.6 Å². The molecule has 0 radical (unpaired) electrons. The Kier molecular flexibility index (Phi) is 9.39. The van der Waals surface area contributed by atoms with Crippen LogP contribution in [0.3, 0.4) is 0 Å². The quantitative estimate of drug-likeness (QED) is 0.613. The molecule has 0 aromatic heterocycles. The molecule has 27 heavy (non-hydrogen) atoms. The van der Waals surface area contributed by atoms with E-state index in [1.807, 2.05) is 18.2 Å². The third-order valence-corrected chi connectivity index (χ3v) is 5.15. The third-order valence-electron chi connectivity index (χ3n) is 4.90. The molecule has 1 aliphatic carbocycles. The van der Waals surface area contributed by atoms with E-state index in [1.165, 1.54) is 32.1 Å². The lowest BCUT2D eigenvalue weighted by atomic mass is 9.86. The fraction of sp³-hybridized carbons (Fsp3) is 0.619. The van der Waals surface area contributed by atoms with Crippen LogP contribution in [0.25, 0.3) is 0 Å². The zero-order chi connectivity index (χ0) is 19.5. The van der Waals surface area contributed by atoms with Gasteiger partial charge in [0, 0.05) is 13.0 Å². The van der Waals surface area contributed by atoms with Crippen LogP contribution >= 0.6 is 12.2 Å². The summed E-state index contributed by atoms with van der Waals surface area (Å²) >= 11 is 5.25. The first kappa shape index (κ1) is 21.5. The fourth-order valence-electron chi connectivity index (χ4n) is 3.38. The number of hydrogen-bond acceptors (Lipinski definition) is 4. The summed E-state index contributed by atoms with van der Waals surface area (Å²) in [6, 6.07) is 5.79. The molecule has 0 heterocycles. The van der Waals surface area contributed by atoms with Crippen molar-refractivity contribution >= 4 is 23.2 Å². The van der Waals surface area contributed by atoms with Gasteiger partial charge in [-0.25, -0.2) is 0 Å². The molecule has 2 N–H and O–H groups in total. The van der Waals surface area contributed by atoms with Crippen LogP contribution in [0.5, 0.6) is 11.5 Å². The molecule has 1 aromatic rings. The molecule has 0 saturated heterocycles. The summed E-state index contributed by atoms with van der Waals surface area (Å²) in [5.74, 6) is 2.14. The zero-order valence-corrected chi connectivity index (χ0v) is 17.3. The molecule has 5 nitrogen and oxygen atoms in total. The normalized spacial score (nSPS) is 14.4. The van der Waals surface area contributed by atoms with Gasteiger partial charge in [-0.15, -0.1) is 0 Å². The monoisotopic (exact) mass is 392 g/mol. The highest BCUT2D eigenvalue weighted by Crippen LogP contribution is 2.28. The minimum Gasteiger partial charge on any atom is -0.493 e. The molecule has 1 amide bonds. The van der Waals surface area contributed by atoms with Gasteiger partial charge < -0.3 is 20.1 Å². The summed E-state index contributed by atoms with van der Waals surface area (Å²) < 4.78 is 11.0. The van der Waals surface area contributed by atoms with Crippen LogP contribution in [0.15, 0.2) is 18.2 Å². The van der Waals surface area contributed by atoms with Crippen molar-refractivity contribution < 1.29 is 14.3 Å². The van der Waals surface area contributed by atoms with Crippen molar-refractivity contribution in [3.05, 3.63) is 23.8 Å². The second kappa shape index (κ2) is 11.8. The molecule has 1 saturated carbocycles. The number of benzene rings is 1. The van der Waals surface area contributed by atoms with Gasteiger partial charge in [0.1, 0.15) is 0 Å². The summed E-state index contributed by atoms with van der Waals surface area (Å²) in [4.78, 5) is 12.1. The van der Waals surface area contributed by atoms with E-state index in [0.29, 0.717) is 36.4 Å². The van der Waals surface area contributed by atoms with Crippen LogP contribution < -0.4 is 20.1 Å². The van der Waals surface area contributed by atoms with Crippen LogP contribution in [0.2, 0.25) is 0 Å². The first-order valence-corrected chi connectivity index (χ1v) is 10.4. The standard InChI is InChI=1S/C21H32N2O3S/c1-3-13-26-18-11-9-17(14-19(18)25-2)15-22-21(27)23-20(24)12-10-16-7-5-4-6-8-16/h9,11,14,16H,3-8,10,12-13,15H2,1-2H3,(H2,22,23,24,27). The van der Waals surface area contributed by atoms with E-state index >= 15 is 0 Å². The van der Waals surface area contributed by atoms with Crippen LogP contribution in [0.1, 0.15) is 63.9 Å². The molecular formula is C21H32N2O3S. The Morgan fingerprint density at radius 1 is 1.22 bits per heavy atom. The van der Waals surface area contributed by atoms with Gasteiger partial charge >= 0.3 is 0 Å². The number of amides is 1. The predicted octanol–water partition coefficient (Wildman–Crippen LogP) is 4.34. The highest BCUT2D eigenvalue weighted by Gasteiger charge is 2.15. The first-order valence-electron chi connectivity index (χ1n) is 9.99. The van der Waals surface area contributed by atoms with Crippen molar-refractivity contribution in [3.8, 4) is 11.5 Å². The molecular weight excluding hydrogens is 360 g/mol. The fourth-order valence-corrected chi connectivity index (χ4v) is 3.57. The van der Waals surface area contributed by atoms with E-state index in [4.69, 9.17) is 21.7 Å². The van der Waals surface area contributed by atoms with Crippen LogP contribution in [0.4, 0.5) is 0 Å². The number of ether oxygens (including phenoxy) is 2. The number of carbonyl (C=O) groups is 1. The molecule has 1 aliphatic rings. The largest absolute Gasteiger partial charge is 0.493 e. The van der Waals surface area contributed by atoms with Crippen LogP contribution in [-0.4, -0.2) is 24.7 Å². The Morgan fingerprint density at radius 3 is 2.70 bits per heavy atom. The van der Waals surface area contributed by atoms with Gasteiger partial charge in [0.25, 0.3) is 0 Å². The summed E-state index contributed by atoms with van der Waals surface area (Å²) in [5, 5.41) is 6.24. The van der Waals surface area contributed by atoms with Gasteiger partial charge in [0.2, 0.25) is 5.91 Å². The smallest absolute Gasteiger partial charge is 0.226 e. The van der Waals surface area contributed by atoms with E-state index in [0.717, 1.165) is 24.2 Å². The molecule has 6 heteroatoms. The number of hydrogen-bond donors (Lipinski definition) is 2. The maximum Gasteiger partial charge on any atom is 0.226 e.